The summed E-state index contributed by atoms with van der Waals surface area (Å²) < 4.78 is 32.8. The standard InChI is InChI=1S/C21H18ClN3O6S2/c1-13-4-7-18(31-12-19(26)27)14(9-13)11-23-24-21(28)16-10-15(22)5-6-17(16)25-33(29,30)20-3-2-8-32-20/h2-11,25H,12H2,1H3,(H,24,28)(H,26,27). The van der Waals surface area contributed by atoms with Gasteiger partial charge < -0.3 is 9.84 Å². The van der Waals surface area contributed by atoms with E-state index in [1.165, 1.54) is 30.5 Å². The van der Waals surface area contributed by atoms with Gasteiger partial charge >= 0.3 is 5.97 Å². The summed E-state index contributed by atoms with van der Waals surface area (Å²) in [7, 11) is -3.88. The number of anilines is 1. The molecule has 1 heterocycles. The highest BCUT2D eigenvalue weighted by Crippen LogP contribution is 2.25. The molecule has 2 aromatic carbocycles. The lowest BCUT2D eigenvalue weighted by atomic mass is 10.1. The third kappa shape index (κ3) is 6.54. The first-order chi connectivity index (χ1) is 15.7. The monoisotopic (exact) mass is 507 g/mol. The van der Waals surface area contributed by atoms with E-state index >= 15 is 0 Å². The Kier molecular flexibility index (Phi) is 7.69. The third-order valence-electron chi connectivity index (χ3n) is 4.12. The van der Waals surface area contributed by atoms with Crippen LogP contribution in [0.25, 0.3) is 0 Å². The van der Waals surface area contributed by atoms with Crippen molar-refractivity contribution in [1.29, 1.82) is 0 Å². The topological polar surface area (TPSA) is 134 Å². The molecule has 0 aliphatic carbocycles. The maximum atomic E-state index is 12.7. The van der Waals surface area contributed by atoms with Crippen LogP contribution in [0.15, 0.2) is 63.2 Å². The first kappa shape index (κ1) is 24.2. The summed E-state index contributed by atoms with van der Waals surface area (Å²) >= 11 is 7.04. The number of nitrogens with one attached hydrogen (secondary N) is 2. The molecule has 1 aromatic heterocycles. The quantitative estimate of drug-likeness (QED) is 0.298. The summed E-state index contributed by atoms with van der Waals surface area (Å²) in [5.41, 5.74) is 3.62. The van der Waals surface area contributed by atoms with Crippen LogP contribution in [0.3, 0.4) is 0 Å². The minimum Gasteiger partial charge on any atom is -0.481 e. The Morgan fingerprint density at radius 3 is 2.70 bits per heavy atom. The second-order valence-electron chi connectivity index (χ2n) is 6.65. The highest BCUT2D eigenvalue weighted by Gasteiger charge is 2.20. The smallest absolute Gasteiger partial charge is 0.341 e. The summed E-state index contributed by atoms with van der Waals surface area (Å²) in [5.74, 6) is -1.57. The Labute approximate surface area is 198 Å². The van der Waals surface area contributed by atoms with Crippen LogP contribution < -0.4 is 14.9 Å². The SMILES string of the molecule is Cc1ccc(OCC(=O)O)c(C=NNC(=O)c2cc(Cl)ccc2NS(=O)(=O)c2cccs2)c1. The number of nitrogens with zero attached hydrogens (tertiary/aromatic N) is 1. The maximum Gasteiger partial charge on any atom is 0.341 e. The molecule has 0 fully saturated rings. The number of hydrogen-bond acceptors (Lipinski definition) is 7. The number of ether oxygens (including phenoxy) is 1. The summed E-state index contributed by atoms with van der Waals surface area (Å²) in [4.78, 5) is 23.5. The van der Waals surface area contributed by atoms with Crippen LogP contribution in [0.2, 0.25) is 5.02 Å². The number of carboxylic acids is 1. The van der Waals surface area contributed by atoms with E-state index in [1.54, 1.807) is 29.6 Å². The number of aryl methyl sites for hydroxylation is 1. The lowest BCUT2D eigenvalue weighted by Gasteiger charge is -2.11. The molecule has 0 radical (unpaired) electrons. The van der Waals surface area contributed by atoms with Crippen LogP contribution in [0.5, 0.6) is 5.75 Å². The van der Waals surface area contributed by atoms with E-state index in [4.69, 9.17) is 21.4 Å². The summed E-state index contributed by atoms with van der Waals surface area (Å²) in [5, 5.41) is 14.6. The molecule has 0 saturated carbocycles. The molecular weight excluding hydrogens is 490 g/mol. The van der Waals surface area contributed by atoms with Gasteiger partial charge in [-0.3, -0.25) is 9.52 Å². The molecule has 9 nitrogen and oxygen atoms in total. The molecule has 33 heavy (non-hydrogen) atoms. The molecule has 12 heteroatoms. The fourth-order valence-corrected chi connectivity index (χ4v) is 4.91. The number of amides is 1. The molecule has 1 amide bonds. The Balaban J connectivity index is 1.80. The number of carboxylic acid groups (broad SMARTS) is 1. The fraction of sp³-hybridized carbons (Fsp3) is 0.0952. The van der Waals surface area contributed by atoms with Gasteiger partial charge in [0, 0.05) is 10.6 Å². The second-order valence-corrected chi connectivity index (χ2v) is 9.94. The summed E-state index contributed by atoms with van der Waals surface area (Å²) in [6.07, 6.45) is 1.29. The van der Waals surface area contributed by atoms with Crippen LogP contribution in [0.1, 0.15) is 21.5 Å². The number of halogens is 1. The van der Waals surface area contributed by atoms with Gasteiger partial charge in [-0.2, -0.15) is 5.10 Å². The number of rotatable bonds is 9. The molecule has 0 unspecified atom stereocenters. The number of benzene rings is 2. The molecule has 0 spiro atoms. The molecule has 0 aliphatic heterocycles. The van der Waals surface area contributed by atoms with Crippen molar-refractivity contribution >= 4 is 56.7 Å². The number of carbonyl (C=O) groups is 2. The number of sulfonamides is 1. The van der Waals surface area contributed by atoms with E-state index in [0.717, 1.165) is 16.9 Å². The van der Waals surface area contributed by atoms with Gasteiger partial charge in [-0.1, -0.05) is 29.3 Å². The van der Waals surface area contributed by atoms with E-state index in [1.807, 2.05) is 6.92 Å². The molecular formula is C21H18ClN3O6S2. The predicted molar refractivity (Wildman–Crippen MR) is 126 cm³/mol. The average Bonchev–Trinajstić information content (AvgIpc) is 3.30. The first-order valence-electron chi connectivity index (χ1n) is 9.30. The van der Waals surface area contributed by atoms with Gasteiger partial charge in [-0.05, 0) is 48.7 Å². The van der Waals surface area contributed by atoms with Gasteiger partial charge in [0.05, 0.1) is 17.5 Å². The highest BCUT2D eigenvalue weighted by atomic mass is 35.5. The van der Waals surface area contributed by atoms with Crippen molar-refractivity contribution in [3.05, 3.63) is 75.6 Å². The van der Waals surface area contributed by atoms with E-state index in [2.05, 4.69) is 15.2 Å². The van der Waals surface area contributed by atoms with Crippen molar-refractivity contribution in [2.75, 3.05) is 11.3 Å². The maximum absolute atomic E-state index is 12.7. The van der Waals surface area contributed by atoms with Crippen molar-refractivity contribution in [1.82, 2.24) is 5.43 Å². The number of carbonyl (C=O) groups excluding carboxylic acids is 1. The predicted octanol–water partition coefficient (Wildman–Crippen LogP) is 3.74. The molecule has 0 aliphatic rings. The Morgan fingerprint density at radius 1 is 1.21 bits per heavy atom. The van der Waals surface area contributed by atoms with Crippen molar-refractivity contribution in [2.24, 2.45) is 5.10 Å². The van der Waals surface area contributed by atoms with E-state index in [9.17, 15) is 18.0 Å². The lowest BCUT2D eigenvalue weighted by molar-refractivity contribution is -0.139. The van der Waals surface area contributed by atoms with E-state index in [0.29, 0.717) is 5.56 Å². The average molecular weight is 508 g/mol. The van der Waals surface area contributed by atoms with Gasteiger partial charge in [0.2, 0.25) is 0 Å². The first-order valence-corrected chi connectivity index (χ1v) is 12.0. The van der Waals surface area contributed by atoms with Crippen LogP contribution in [-0.2, 0) is 14.8 Å². The van der Waals surface area contributed by atoms with E-state index < -0.39 is 28.5 Å². The molecule has 0 saturated heterocycles. The van der Waals surface area contributed by atoms with Gasteiger partial charge in [0.25, 0.3) is 15.9 Å². The lowest BCUT2D eigenvalue weighted by Crippen LogP contribution is -2.21. The summed E-state index contributed by atoms with van der Waals surface area (Å²) in [6, 6.07) is 12.2. The van der Waals surface area contributed by atoms with Gasteiger partial charge in [0.15, 0.2) is 6.61 Å². The van der Waals surface area contributed by atoms with Crippen molar-refractivity contribution in [2.45, 2.75) is 11.1 Å². The number of hydrazone groups is 1. The highest BCUT2D eigenvalue weighted by molar-refractivity contribution is 7.94. The minimum atomic E-state index is -3.88. The number of hydrogen-bond donors (Lipinski definition) is 3. The zero-order chi connectivity index (χ0) is 24.0. The Morgan fingerprint density at radius 2 is 2.00 bits per heavy atom. The minimum absolute atomic E-state index is 0.0292. The zero-order valence-corrected chi connectivity index (χ0v) is 19.5. The van der Waals surface area contributed by atoms with Crippen molar-refractivity contribution in [3.8, 4) is 5.75 Å². The van der Waals surface area contributed by atoms with Crippen LogP contribution >= 0.6 is 22.9 Å². The molecule has 3 N–H and O–H groups in total. The van der Waals surface area contributed by atoms with Crippen molar-refractivity contribution < 1.29 is 27.9 Å². The zero-order valence-electron chi connectivity index (χ0n) is 17.1. The van der Waals surface area contributed by atoms with Crippen molar-refractivity contribution in [3.63, 3.8) is 0 Å². The third-order valence-corrected chi connectivity index (χ3v) is 7.11. The largest absolute Gasteiger partial charge is 0.481 e. The number of thiophene rings is 1. The van der Waals surface area contributed by atoms with Gasteiger partial charge in [0.1, 0.15) is 9.96 Å². The Bertz CT molecular complexity index is 1310. The normalized spacial score (nSPS) is 11.3. The molecule has 3 aromatic rings. The van der Waals surface area contributed by atoms with Crippen LogP contribution in [0.4, 0.5) is 5.69 Å². The van der Waals surface area contributed by atoms with Gasteiger partial charge in [-0.25, -0.2) is 18.6 Å². The molecule has 3 rings (SSSR count). The van der Waals surface area contributed by atoms with Crippen LogP contribution in [-0.4, -0.2) is 38.2 Å². The molecule has 0 atom stereocenters. The van der Waals surface area contributed by atoms with Crippen LogP contribution in [0, 0.1) is 6.92 Å². The van der Waals surface area contributed by atoms with E-state index in [-0.39, 0.29) is 26.2 Å². The Hall–Kier alpha value is -3.41. The fourth-order valence-electron chi connectivity index (χ4n) is 2.67. The number of aliphatic carboxylic acids is 1. The summed E-state index contributed by atoms with van der Waals surface area (Å²) in [6.45, 7) is 1.29. The van der Waals surface area contributed by atoms with Gasteiger partial charge in [-0.15, -0.1) is 11.3 Å². The molecule has 172 valence electrons. The molecule has 0 bridgehead atoms. The second kappa shape index (κ2) is 10.5.